The van der Waals surface area contributed by atoms with Gasteiger partial charge in [0.2, 0.25) is 5.91 Å². The van der Waals surface area contributed by atoms with Crippen molar-refractivity contribution in [3.05, 3.63) is 45.3 Å². The van der Waals surface area contributed by atoms with Crippen LogP contribution in [0.5, 0.6) is 0 Å². The van der Waals surface area contributed by atoms with Gasteiger partial charge in [-0.2, -0.15) is 0 Å². The lowest BCUT2D eigenvalue weighted by Crippen LogP contribution is -2.25. The van der Waals surface area contributed by atoms with E-state index >= 15 is 0 Å². The van der Waals surface area contributed by atoms with E-state index in [-0.39, 0.29) is 23.3 Å². The van der Waals surface area contributed by atoms with Gasteiger partial charge in [0, 0.05) is 29.0 Å². The Kier molecular flexibility index (Phi) is 5.43. The lowest BCUT2D eigenvalue weighted by atomic mass is 10.2. The molecule has 8 heteroatoms. The van der Waals surface area contributed by atoms with Crippen LogP contribution < -0.4 is 10.9 Å². The number of aryl methyl sites for hydroxylation is 2. The highest BCUT2D eigenvalue weighted by Gasteiger charge is 2.19. The molecule has 0 bridgehead atoms. The van der Waals surface area contributed by atoms with Gasteiger partial charge in [-0.05, 0) is 45.4 Å². The van der Waals surface area contributed by atoms with E-state index in [2.05, 4.69) is 15.3 Å². The van der Waals surface area contributed by atoms with Crippen molar-refractivity contribution < 1.29 is 4.79 Å². The lowest BCUT2D eigenvalue weighted by molar-refractivity contribution is -0.113. The van der Waals surface area contributed by atoms with Gasteiger partial charge in [0.1, 0.15) is 4.83 Å². The number of rotatable bonds is 5. The van der Waals surface area contributed by atoms with Crippen LogP contribution in [0.3, 0.4) is 0 Å². The highest BCUT2D eigenvalue weighted by Crippen LogP contribution is 2.29. The molecule has 0 saturated heterocycles. The Bertz CT molecular complexity index is 1010. The molecule has 0 aliphatic heterocycles. The second-order valence-corrected chi connectivity index (χ2v) is 8.35. The minimum Gasteiger partial charge on any atom is -0.325 e. The number of amides is 1. The van der Waals surface area contributed by atoms with Crippen LogP contribution in [0.4, 0.5) is 5.69 Å². The van der Waals surface area contributed by atoms with E-state index in [4.69, 9.17) is 0 Å². The number of nitrogens with one attached hydrogen (secondary N) is 1. The van der Waals surface area contributed by atoms with Crippen molar-refractivity contribution in [2.24, 2.45) is 0 Å². The molecule has 136 valence electrons. The van der Waals surface area contributed by atoms with E-state index in [9.17, 15) is 9.59 Å². The van der Waals surface area contributed by atoms with Crippen molar-refractivity contribution >= 4 is 44.9 Å². The summed E-state index contributed by atoms with van der Waals surface area (Å²) >= 11 is 2.80. The van der Waals surface area contributed by atoms with Gasteiger partial charge in [0.25, 0.3) is 5.56 Å². The molecule has 0 unspecified atom stereocenters. The zero-order chi connectivity index (χ0) is 18.8. The van der Waals surface area contributed by atoms with Crippen molar-refractivity contribution in [2.75, 3.05) is 11.1 Å². The van der Waals surface area contributed by atoms with Crippen LogP contribution in [-0.2, 0) is 4.79 Å². The van der Waals surface area contributed by atoms with Crippen LogP contribution in [0.25, 0.3) is 10.2 Å². The number of carbonyl (C=O) groups excluding carboxylic acids is 1. The van der Waals surface area contributed by atoms with E-state index in [0.717, 1.165) is 15.3 Å². The molecule has 0 saturated carbocycles. The van der Waals surface area contributed by atoms with Crippen LogP contribution in [0.15, 0.2) is 34.5 Å². The fourth-order valence-corrected chi connectivity index (χ4v) is 4.61. The van der Waals surface area contributed by atoms with Crippen LogP contribution >= 0.6 is 23.1 Å². The maximum atomic E-state index is 13.0. The second-order valence-electron chi connectivity index (χ2n) is 6.20. The van der Waals surface area contributed by atoms with Gasteiger partial charge in [0.15, 0.2) is 5.16 Å². The number of fused-ring (bicyclic) bond motifs is 1. The Morgan fingerprint density at radius 1 is 1.31 bits per heavy atom. The molecule has 1 N–H and O–H groups in total. The standard InChI is InChI=1S/C18H20N4O2S2/c1-10(2)22-17(24)15-11(3)12(4)26-16(15)21-18(22)25-9-14(23)20-13-5-7-19-8-6-13/h5-8,10H,9H2,1-4H3,(H,19,20,23). The molecule has 26 heavy (non-hydrogen) atoms. The Morgan fingerprint density at radius 2 is 2.00 bits per heavy atom. The quantitative estimate of drug-likeness (QED) is 0.532. The van der Waals surface area contributed by atoms with E-state index in [0.29, 0.717) is 16.2 Å². The number of nitrogens with zero attached hydrogens (tertiary/aromatic N) is 3. The van der Waals surface area contributed by atoms with Gasteiger partial charge >= 0.3 is 0 Å². The second kappa shape index (κ2) is 7.59. The summed E-state index contributed by atoms with van der Waals surface area (Å²) in [5, 5.41) is 4.07. The van der Waals surface area contributed by atoms with Gasteiger partial charge < -0.3 is 5.32 Å². The number of aromatic nitrogens is 3. The third-order valence-corrected chi connectivity index (χ3v) is 6.07. The minimum atomic E-state index is -0.149. The zero-order valence-corrected chi connectivity index (χ0v) is 16.7. The molecule has 0 aromatic carbocycles. The maximum Gasteiger partial charge on any atom is 0.263 e. The van der Waals surface area contributed by atoms with Crippen molar-refractivity contribution in [3.8, 4) is 0 Å². The van der Waals surface area contributed by atoms with Crippen LogP contribution in [0.1, 0.15) is 30.3 Å². The predicted octanol–water partition coefficient (Wildman–Crippen LogP) is 3.78. The largest absolute Gasteiger partial charge is 0.325 e. The first-order valence-corrected chi connectivity index (χ1v) is 10.0. The smallest absolute Gasteiger partial charge is 0.263 e. The summed E-state index contributed by atoms with van der Waals surface area (Å²) in [5.74, 6) is 0.0282. The van der Waals surface area contributed by atoms with Gasteiger partial charge in [-0.15, -0.1) is 11.3 Å². The molecule has 3 heterocycles. The van der Waals surface area contributed by atoms with Crippen molar-refractivity contribution in [2.45, 2.75) is 38.9 Å². The van der Waals surface area contributed by atoms with Gasteiger partial charge in [-0.25, -0.2) is 4.98 Å². The Labute approximate surface area is 159 Å². The number of thiophene rings is 1. The summed E-state index contributed by atoms with van der Waals surface area (Å²) in [6.45, 7) is 7.85. The van der Waals surface area contributed by atoms with Crippen LogP contribution in [0, 0.1) is 13.8 Å². The first-order valence-electron chi connectivity index (χ1n) is 8.23. The maximum absolute atomic E-state index is 13.0. The van der Waals surface area contributed by atoms with E-state index in [1.165, 1.54) is 23.1 Å². The van der Waals surface area contributed by atoms with Crippen molar-refractivity contribution in [1.82, 2.24) is 14.5 Å². The third kappa shape index (κ3) is 3.66. The summed E-state index contributed by atoms with van der Waals surface area (Å²) in [6, 6.07) is 3.42. The van der Waals surface area contributed by atoms with Gasteiger partial charge in [-0.1, -0.05) is 11.8 Å². The average molecular weight is 389 g/mol. The lowest BCUT2D eigenvalue weighted by Gasteiger charge is -2.15. The monoisotopic (exact) mass is 388 g/mol. The summed E-state index contributed by atoms with van der Waals surface area (Å²) < 4.78 is 1.67. The summed E-state index contributed by atoms with van der Waals surface area (Å²) in [5.41, 5.74) is 1.65. The number of carbonyl (C=O) groups is 1. The number of hydrogen-bond donors (Lipinski definition) is 1. The molecule has 6 nitrogen and oxygen atoms in total. The Balaban J connectivity index is 1.88. The number of thioether (sulfide) groups is 1. The number of pyridine rings is 1. The summed E-state index contributed by atoms with van der Waals surface area (Å²) in [6.07, 6.45) is 3.24. The molecule has 3 aromatic rings. The fourth-order valence-electron chi connectivity index (χ4n) is 2.61. The molecule has 1 amide bonds. The number of hydrogen-bond acceptors (Lipinski definition) is 6. The predicted molar refractivity (Wildman–Crippen MR) is 107 cm³/mol. The first kappa shape index (κ1) is 18.6. The van der Waals surface area contributed by atoms with Crippen molar-refractivity contribution in [1.29, 1.82) is 0 Å². The van der Waals surface area contributed by atoms with Crippen LogP contribution in [-0.4, -0.2) is 26.2 Å². The normalized spacial score (nSPS) is 11.3. The van der Waals surface area contributed by atoms with Gasteiger partial charge in [0.05, 0.1) is 11.1 Å². The fraction of sp³-hybridized carbons (Fsp3) is 0.333. The molecule has 0 aliphatic rings. The Hall–Kier alpha value is -2.19. The molecule has 0 aliphatic carbocycles. The molecular formula is C18H20N4O2S2. The molecule has 0 atom stereocenters. The van der Waals surface area contributed by atoms with Gasteiger partial charge in [-0.3, -0.25) is 19.1 Å². The van der Waals surface area contributed by atoms with E-state index in [1.54, 1.807) is 29.1 Å². The zero-order valence-electron chi connectivity index (χ0n) is 15.1. The average Bonchev–Trinajstić information content (AvgIpc) is 2.88. The first-order chi connectivity index (χ1) is 12.4. The minimum absolute atomic E-state index is 0.0373. The third-order valence-electron chi connectivity index (χ3n) is 4.02. The molecule has 3 rings (SSSR count). The Morgan fingerprint density at radius 3 is 2.65 bits per heavy atom. The molecule has 0 radical (unpaired) electrons. The number of anilines is 1. The van der Waals surface area contributed by atoms with Crippen LogP contribution in [0.2, 0.25) is 0 Å². The van der Waals surface area contributed by atoms with E-state index in [1.807, 2.05) is 27.7 Å². The summed E-state index contributed by atoms with van der Waals surface area (Å²) in [7, 11) is 0. The SMILES string of the molecule is Cc1sc2nc(SCC(=O)Nc3ccncc3)n(C(C)C)c(=O)c2c1C. The molecule has 0 fully saturated rings. The summed E-state index contributed by atoms with van der Waals surface area (Å²) in [4.78, 5) is 35.6. The van der Waals surface area contributed by atoms with E-state index < -0.39 is 0 Å². The topological polar surface area (TPSA) is 76.9 Å². The highest BCUT2D eigenvalue weighted by molar-refractivity contribution is 7.99. The van der Waals surface area contributed by atoms with Crippen molar-refractivity contribution in [3.63, 3.8) is 0 Å². The highest BCUT2D eigenvalue weighted by atomic mass is 32.2. The molecule has 3 aromatic heterocycles. The molecular weight excluding hydrogens is 368 g/mol. The molecule has 0 spiro atoms.